The topological polar surface area (TPSA) is 81.0 Å². The van der Waals surface area contributed by atoms with Gasteiger partial charge in [0.05, 0.1) is 12.7 Å². The van der Waals surface area contributed by atoms with Crippen LogP contribution in [0, 0.1) is 0 Å². The van der Waals surface area contributed by atoms with Gasteiger partial charge in [-0.15, -0.1) is 0 Å². The normalized spacial score (nSPS) is 19.1. The molecule has 106 valence electrons. The van der Waals surface area contributed by atoms with Crippen molar-refractivity contribution in [3.8, 4) is 5.95 Å². The Hall–Kier alpha value is -2.22. The molecule has 0 saturated carbocycles. The molecule has 2 aromatic heterocycles. The number of anilines is 2. The van der Waals surface area contributed by atoms with E-state index in [1.54, 1.807) is 24.1 Å². The van der Waals surface area contributed by atoms with Crippen LogP contribution in [0.4, 0.5) is 11.9 Å². The molecule has 1 saturated heterocycles. The van der Waals surface area contributed by atoms with Gasteiger partial charge in [-0.2, -0.15) is 20.1 Å². The van der Waals surface area contributed by atoms with E-state index in [0.717, 1.165) is 13.1 Å². The second-order valence-electron chi connectivity index (χ2n) is 4.59. The fourth-order valence-corrected chi connectivity index (χ4v) is 2.10. The molecule has 1 unspecified atom stereocenters. The summed E-state index contributed by atoms with van der Waals surface area (Å²) in [5.41, 5.74) is 0. The number of nitrogens with zero attached hydrogens (tertiary/aromatic N) is 6. The maximum absolute atomic E-state index is 5.54. The lowest BCUT2D eigenvalue weighted by molar-refractivity contribution is 0.0526. The summed E-state index contributed by atoms with van der Waals surface area (Å²) in [6.07, 6.45) is 3.67. The predicted octanol–water partition coefficient (Wildman–Crippen LogP) is 0.324. The van der Waals surface area contributed by atoms with Crippen molar-refractivity contribution >= 4 is 11.9 Å². The van der Waals surface area contributed by atoms with Crippen molar-refractivity contribution in [2.45, 2.75) is 13.0 Å². The Balaban J connectivity index is 1.96. The maximum atomic E-state index is 5.54. The third kappa shape index (κ3) is 2.55. The lowest BCUT2D eigenvalue weighted by Gasteiger charge is -2.31. The smallest absolute Gasteiger partial charge is 0.257 e. The van der Waals surface area contributed by atoms with Gasteiger partial charge in [-0.25, -0.2) is 4.68 Å². The van der Waals surface area contributed by atoms with E-state index in [1.807, 2.05) is 13.0 Å². The fourth-order valence-electron chi connectivity index (χ4n) is 2.10. The molecule has 3 heterocycles. The van der Waals surface area contributed by atoms with Crippen LogP contribution in [-0.4, -0.2) is 57.6 Å². The summed E-state index contributed by atoms with van der Waals surface area (Å²) in [6, 6.07) is 1.83. The summed E-state index contributed by atoms with van der Waals surface area (Å²) < 4.78 is 7.16. The van der Waals surface area contributed by atoms with Crippen molar-refractivity contribution in [1.82, 2.24) is 24.7 Å². The van der Waals surface area contributed by atoms with Gasteiger partial charge >= 0.3 is 0 Å². The van der Waals surface area contributed by atoms with Crippen LogP contribution in [0.5, 0.6) is 0 Å². The number of hydrogen-bond acceptors (Lipinski definition) is 7. The van der Waals surface area contributed by atoms with Gasteiger partial charge in [-0.3, -0.25) is 0 Å². The second kappa shape index (κ2) is 5.41. The van der Waals surface area contributed by atoms with Crippen LogP contribution < -0.4 is 10.2 Å². The zero-order valence-electron chi connectivity index (χ0n) is 11.5. The van der Waals surface area contributed by atoms with Crippen LogP contribution in [0.1, 0.15) is 6.92 Å². The molecular weight excluding hydrogens is 258 g/mol. The van der Waals surface area contributed by atoms with Gasteiger partial charge in [0, 0.05) is 32.5 Å². The van der Waals surface area contributed by atoms with Gasteiger partial charge in [0.25, 0.3) is 5.95 Å². The van der Waals surface area contributed by atoms with Crippen LogP contribution >= 0.6 is 0 Å². The van der Waals surface area contributed by atoms with E-state index >= 15 is 0 Å². The third-order valence-corrected chi connectivity index (χ3v) is 3.07. The highest BCUT2D eigenvalue weighted by molar-refractivity contribution is 5.40. The Morgan fingerprint density at radius 2 is 2.15 bits per heavy atom. The molecule has 0 radical (unpaired) electrons. The number of rotatable bonds is 3. The van der Waals surface area contributed by atoms with Gasteiger partial charge in [-0.1, -0.05) is 0 Å². The molecule has 8 nitrogen and oxygen atoms in total. The minimum Gasteiger partial charge on any atom is -0.375 e. The Bertz CT molecular complexity index is 571. The maximum Gasteiger partial charge on any atom is 0.257 e. The van der Waals surface area contributed by atoms with E-state index in [4.69, 9.17) is 4.74 Å². The first-order valence-electron chi connectivity index (χ1n) is 6.56. The van der Waals surface area contributed by atoms with E-state index < -0.39 is 0 Å². The monoisotopic (exact) mass is 275 g/mol. The zero-order valence-corrected chi connectivity index (χ0v) is 11.5. The van der Waals surface area contributed by atoms with Gasteiger partial charge in [0.15, 0.2) is 0 Å². The van der Waals surface area contributed by atoms with Crippen LogP contribution in [-0.2, 0) is 4.74 Å². The molecular formula is C12H17N7O. The first kappa shape index (κ1) is 12.8. The molecule has 1 N–H and O–H groups in total. The Morgan fingerprint density at radius 3 is 2.85 bits per heavy atom. The van der Waals surface area contributed by atoms with Crippen LogP contribution in [0.25, 0.3) is 5.95 Å². The van der Waals surface area contributed by atoms with Crippen molar-refractivity contribution in [2.75, 3.05) is 37.0 Å². The molecule has 8 heteroatoms. The first-order valence-corrected chi connectivity index (χ1v) is 6.56. The molecule has 1 aliphatic rings. The number of morpholine rings is 1. The number of ether oxygens (including phenoxy) is 1. The molecule has 20 heavy (non-hydrogen) atoms. The van der Waals surface area contributed by atoms with Gasteiger partial charge in [0.2, 0.25) is 11.9 Å². The minimum atomic E-state index is 0.173. The average molecular weight is 275 g/mol. The van der Waals surface area contributed by atoms with E-state index in [-0.39, 0.29) is 6.10 Å². The highest BCUT2D eigenvalue weighted by Gasteiger charge is 2.20. The fraction of sp³-hybridized carbons (Fsp3) is 0.500. The van der Waals surface area contributed by atoms with E-state index in [2.05, 4.69) is 30.3 Å². The summed E-state index contributed by atoms with van der Waals surface area (Å²) in [4.78, 5) is 15.3. The van der Waals surface area contributed by atoms with Gasteiger partial charge < -0.3 is 15.0 Å². The molecule has 0 aliphatic carbocycles. The molecule has 3 rings (SSSR count). The molecule has 1 aliphatic heterocycles. The van der Waals surface area contributed by atoms with Crippen molar-refractivity contribution < 1.29 is 4.74 Å². The van der Waals surface area contributed by atoms with Crippen molar-refractivity contribution in [3.63, 3.8) is 0 Å². The summed E-state index contributed by atoms with van der Waals surface area (Å²) >= 11 is 0. The largest absolute Gasteiger partial charge is 0.375 e. The van der Waals surface area contributed by atoms with E-state index in [9.17, 15) is 0 Å². The SMILES string of the molecule is CNc1nc(N2CCOC(C)C2)nc(-n2cccn2)n1. The zero-order chi connectivity index (χ0) is 13.9. The standard InChI is InChI=1S/C12H17N7O/c1-9-8-18(6-7-20-9)11-15-10(13-2)16-12(17-11)19-5-3-4-14-19/h3-5,9H,6-8H2,1-2H3,(H,13,15,16,17). The van der Waals surface area contributed by atoms with Crippen molar-refractivity contribution in [3.05, 3.63) is 18.5 Å². The summed E-state index contributed by atoms with van der Waals surface area (Å²) in [6.45, 7) is 4.27. The molecule has 0 amide bonds. The summed E-state index contributed by atoms with van der Waals surface area (Å²) in [5.74, 6) is 1.67. The Kier molecular flexibility index (Phi) is 3.46. The quantitative estimate of drug-likeness (QED) is 0.864. The highest BCUT2D eigenvalue weighted by atomic mass is 16.5. The molecule has 0 bridgehead atoms. The molecule has 2 aromatic rings. The van der Waals surface area contributed by atoms with Crippen LogP contribution in [0.2, 0.25) is 0 Å². The van der Waals surface area contributed by atoms with Crippen LogP contribution in [0.15, 0.2) is 18.5 Å². The summed E-state index contributed by atoms with van der Waals surface area (Å²) in [7, 11) is 1.79. The van der Waals surface area contributed by atoms with Crippen LogP contribution in [0.3, 0.4) is 0 Å². The van der Waals surface area contributed by atoms with E-state index in [1.165, 1.54) is 0 Å². The number of hydrogen-bond donors (Lipinski definition) is 1. The number of aromatic nitrogens is 5. The molecule has 0 spiro atoms. The summed E-state index contributed by atoms with van der Waals surface area (Å²) in [5, 5.41) is 7.11. The van der Waals surface area contributed by atoms with Crippen molar-refractivity contribution in [2.24, 2.45) is 0 Å². The molecule has 1 atom stereocenters. The van der Waals surface area contributed by atoms with Crippen molar-refractivity contribution in [1.29, 1.82) is 0 Å². The molecule has 1 fully saturated rings. The highest BCUT2D eigenvalue weighted by Crippen LogP contribution is 2.16. The first-order chi connectivity index (χ1) is 9.76. The average Bonchev–Trinajstić information content (AvgIpc) is 3.01. The predicted molar refractivity (Wildman–Crippen MR) is 74.1 cm³/mol. The molecule has 0 aromatic carbocycles. The second-order valence-corrected chi connectivity index (χ2v) is 4.59. The Morgan fingerprint density at radius 1 is 1.30 bits per heavy atom. The minimum absolute atomic E-state index is 0.173. The Labute approximate surface area is 116 Å². The van der Waals surface area contributed by atoms with E-state index in [0.29, 0.717) is 24.5 Å². The lowest BCUT2D eigenvalue weighted by Crippen LogP contribution is -2.42. The number of nitrogens with one attached hydrogen (secondary N) is 1. The lowest BCUT2D eigenvalue weighted by atomic mass is 10.3. The third-order valence-electron chi connectivity index (χ3n) is 3.07. The van der Waals surface area contributed by atoms with Gasteiger partial charge in [0.1, 0.15) is 0 Å². The van der Waals surface area contributed by atoms with Gasteiger partial charge in [-0.05, 0) is 13.0 Å².